The lowest BCUT2D eigenvalue weighted by Gasteiger charge is -2.51. The second-order valence-electron chi connectivity index (χ2n) is 13.0. The molecule has 2 N–H and O–H groups in total. The molecule has 41 heavy (non-hydrogen) atoms. The number of likely N-dealkylation sites (tertiary alicyclic amines) is 1. The molecular formula is C30H41F3N4O3S. The number of alkyl halides is 3. The third kappa shape index (κ3) is 5.99. The molecule has 1 aromatic heterocycles. The molecule has 1 aliphatic heterocycles. The monoisotopic (exact) mass is 594 g/mol. The number of aromatic nitrogens is 2. The number of benzene rings is 1. The number of hydrogen-bond donors (Lipinski definition) is 2. The minimum Gasteiger partial charge on any atom is -0.390 e. The van der Waals surface area contributed by atoms with Gasteiger partial charge in [-0.2, -0.15) is 13.2 Å². The zero-order valence-electron chi connectivity index (χ0n) is 24.3. The maximum Gasteiger partial charge on any atom is 0.419 e. The van der Waals surface area contributed by atoms with Crippen molar-refractivity contribution in [2.24, 2.45) is 11.3 Å². The van der Waals surface area contributed by atoms with E-state index in [1.165, 1.54) is 0 Å². The molecule has 2 aromatic rings. The molecule has 0 unspecified atom stereocenters. The number of anilines is 2. The van der Waals surface area contributed by atoms with Gasteiger partial charge in [-0.25, -0.2) is 18.4 Å². The van der Waals surface area contributed by atoms with Crippen LogP contribution in [0.15, 0.2) is 29.3 Å². The van der Waals surface area contributed by atoms with E-state index in [0.717, 1.165) is 32.1 Å². The fourth-order valence-electron chi connectivity index (χ4n) is 6.85. The number of aryl methyl sites for hydroxylation is 1. The zero-order valence-corrected chi connectivity index (χ0v) is 25.1. The first kappa shape index (κ1) is 30.2. The van der Waals surface area contributed by atoms with Crippen molar-refractivity contribution >= 4 is 21.5 Å². The largest absolute Gasteiger partial charge is 0.419 e. The van der Waals surface area contributed by atoms with Crippen LogP contribution < -0.4 is 5.32 Å². The molecule has 1 spiro atoms. The first-order valence-corrected chi connectivity index (χ1v) is 16.1. The maximum atomic E-state index is 13.9. The minimum absolute atomic E-state index is 0.0163. The van der Waals surface area contributed by atoms with Gasteiger partial charge in [0.25, 0.3) is 0 Å². The lowest BCUT2D eigenvalue weighted by Crippen LogP contribution is -2.50. The molecule has 0 atom stereocenters. The highest BCUT2D eigenvalue weighted by atomic mass is 32.2. The third-order valence-electron chi connectivity index (χ3n) is 10.0. The van der Waals surface area contributed by atoms with Gasteiger partial charge < -0.3 is 15.3 Å². The Morgan fingerprint density at radius 3 is 2.29 bits per heavy atom. The van der Waals surface area contributed by atoms with Crippen molar-refractivity contribution in [2.45, 2.75) is 100.0 Å². The average Bonchev–Trinajstić information content (AvgIpc) is 2.88. The summed E-state index contributed by atoms with van der Waals surface area (Å²) in [6.07, 6.45) is 1.30. The molecule has 2 aliphatic carbocycles. The van der Waals surface area contributed by atoms with E-state index < -0.39 is 33.1 Å². The Hall–Kier alpha value is -2.24. The van der Waals surface area contributed by atoms with Crippen LogP contribution in [-0.4, -0.2) is 59.4 Å². The molecule has 0 bridgehead atoms. The van der Waals surface area contributed by atoms with Crippen LogP contribution in [0.25, 0.3) is 0 Å². The summed E-state index contributed by atoms with van der Waals surface area (Å²) in [6, 6.07) is 4.82. The Morgan fingerprint density at radius 1 is 1.10 bits per heavy atom. The highest BCUT2D eigenvalue weighted by Crippen LogP contribution is 2.52. The van der Waals surface area contributed by atoms with E-state index in [4.69, 9.17) is 0 Å². The Morgan fingerprint density at radius 2 is 1.73 bits per heavy atom. The van der Waals surface area contributed by atoms with Crippen LogP contribution in [0.3, 0.4) is 0 Å². The number of aliphatic hydroxyl groups is 1. The fourth-order valence-corrected chi connectivity index (χ4v) is 8.98. The van der Waals surface area contributed by atoms with Gasteiger partial charge in [-0.3, -0.25) is 0 Å². The van der Waals surface area contributed by atoms with Gasteiger partial charge in [0.2, 0.25) is 5.95 Å². The van der Waals surface area contributed by atoms with E-state index in [0.29, 0.717) is 49.8 Å². The highest BCUT2D eigenvalue weighted by Gasteiger charge is 2.50. The van der Waals surface area contributed by atoms with E-state index >= 15 is 0 Å². The van der Waals surface area contributed by atoms with Gasteiger partial charge in [0, 0.05) is 17.8 Å². The summed E-state index contributed by atoms with van der Waals surface area (Å²) in [4.78, 5) is 10.8. The van der Waals surface area contributed by atoms with Crippen LogP contribution in [-0.2, 0) is 16.0 Å². The molecular weight excluding hydrogens is 553 g/mol. The molecule has 1 aromatic carbocycles. The molecule has 2 saturated carbocycles. The summed E-state index contributed by atoms with van der Waals surface area (Å²) < 4.78 is 68.4. The van der Waals surface area contributed by atoms with Gasteiger partial charge in [-0.05, 0) is 114 Å². The first-order valence-electron chi connectivity index (χ1n) is 14.6. The molecule has 226 valence electrons. The van der Waals surface area contributed by atoms with Crippen molar-refractivity contribution in [3.63, 3.8) is 0 Å². The molecule has 3 aliphatic rings. The summed E-state index contributed by atoms with van der Waals surface area (Å²) in [5, 5.41) is 13.5. The summed E-state index contributed by atoms with van der Waals surface area (Å²) in [5.41, 5.74) is -0.480. The molecule has 1 saturated heterocycles. The Labute approximate surface area is 240 Å². The zero-order chi connectivity index (χ0) is 29.8. The fraction of sp³-hybridized carbons (Fsp3) is 0.667. The van der Waals surface area contributed by atoms with E-state index in [9.17, 15) is 26.7 Å². The molecule has 0 radical (unpaired) electrons. The van der Waals surface area contributed by atoms with Crippen LogP contribution in [0.2, 0.25) is 0 Å². The predicted octanol–water partition coefficient (Wildman–Crippen LogP) is 6.24. The van der Waals surface area contributed by atoms with Gasteiger partial charge in [0.15, 0.2) is 9.84 Å². The van der Waals surface area contributed by atoms with Gasteiger partial charge in [-0.1, -0.05) is 13.8 Å². The van der Waals surface area contributed by atoms with E-state index in [2.05, 4.69) is 27.2 Å². The molecule has 2 heterocycles. The number of nitrogens with zero attached hydrogens (tertiary/aromatic N) is 3. The summed E-state index contributed by atoms with van der Waals surface area (Å²) in [6.45, 7) is 7.61. The minimum atomic E-state index is -4.60. The Kier molecular flexibility index (Phi) is 7.96. The Bertz CT molecular complexity index is 1370. The van der Waals surface area contributed by atoms with E-state index in [1.54, 1.807) is 25.1 Å². The number of rotatable bonds is 6. The quantitative estimate of drug-likeness (QED) is 0.409. The third-order valence-corrected chi connectivity index (χ3v) is 12.1. The lowest BCUT2D eigenvalue weighted by atomic mass is 9.63. The van der Waals surface area contributed by atoms with Gasteiger partial charge in [-0.15, -0.1) is 0 Å². The molecule has 0 amide bonds. The summed E-state index contributed by atoms with van der Waals surface area (Å²) in [7, 11) is -1.39. The van der Waals surface area contributed by atoms with Gasteiger partial charge >= 0.3 is 6.18 Å². The first-order chi connectivity index (χ1) is 19.1. The maximum absolute atomic E-state index is 13.9. The lowest BCUT2D eigenvalue weighted by molar-refractivity contribution is -0.139. The Balaban J connectivity index is 1.32. The van der Waals surface area contributed by atoms with Crippen molar-refractivity contribution in [1.82, 2.24) is 14.9 Å². The smallest absolute Gasteiger partial charge is 0.390 e. The molecule has 11 heteroatoms. The number of halogens is 3. The summed E-state index contributed by atoms with van der Waals surface area (Å²) in [5.74, 6) is -0.402. The van der Waals surface area contributed by atoms with Crippen LogP contribution in [0.4, 0.5) is 24.8 Å². The number of sulfone groups is 1. The van der Waals surface area contributed by atoms with Crippen LogP contribution in [0.1, 0.15) is 88.0 Å². The second-order valence-corrected chi connectivity index (χ2v) is 15.2. The van der Waals surface area contributed by atoms with Crippen molar-refractivity contribution in [1.29, 1.82) is 0 Å². The SMILES string of the molecule is Cc1cc(S(=O)(=O)C2CC3(CCN(C)CC3)C2)ccc1Nc1ncc(C(F)(F)F)c([C@H]2CC[C@](O)(C(C)C)CC2)n1. The van der Waals surface area contributed by atoms with Crippen molar-refractivity contribution < 1.29 is 26.7 Å². The second kappa shape index (κ2) is 10.8. The molecule has 7 nitrogen and oxygen atoms in total. The van der Waals surface area contributed by atoms with Crippen molar-refractivity contribution in [3.05, 3.63) is 41.2 Å². The number of piperidine rings is 1. The van der Waals surface area contributed by atoms with E-state index in [1.807, 2.05) is 13.8 Å². The topological polar surface area (TPSA) is 95.4 Å². The van der Waals surface area contributed by atoms with Crippen LogP contribution in [0, 0.1) is 18.3 Å². The number of hydrogen-bond acceptors (Lipinski definition) is 7. The predicted molar refractivity (Wildman–Crippen MR) is 152 cm³/mol. The van der Waals surface area contributed by atoms with Gasteiger partial charge in [0.1, 0.15) is 0 Å². The van der Waals surface area contributed by atoms with Crippen molar-refractivity contribution in [2.75, 3.05) is 25.5 Å². The summed E-state index contributed by atoms with van der Waals surface area (Å²) >= 11 is 0. The average molecular weight is 595 g/mol. The molecule has 5 rings (SSSR count). The standard InChI is InChI=1S/C30H41F3N4O3S/c1-19(2)29(38)9-7-21(8-10-29)26-24(30(31,32)33)18-34-27(36-26)35-25-6-5-22(15-20(25)3)41(39,40)23-16-28(17-23)11-13-37(4)14-12-28/h5-6,15,18-19,21,23,38H,7-14,16-17H2,1-4H3,(H,34,35,36)/t21-,29+. The van der Waals surface area contributed by atoms with Gasteiger partial charge in [0.05, 0.1) is 27.0 Å². The van der Waals surface area contributed by atoms with E-state index in [-0.39, 0.29) is 33.1 Å². The van der Waals surface area contributed by atoms with Crippen LogP contribution in [0.5, 0.6) is 0 Å². The number of nitrogens with one attached hydrogen (secondary N) is 1. The molecule has 3 fully saturated rings. The highest BCUT2D eigenvalue weighted by molar-refractivity contribution is 7.92. The van der Waals surface area contributed by atoms with Crippen LogP contribution >= 0.6 is 0 Å². The normalized spacial score (nSPS) is 25.8. The van der Waals surface area contributed by atoms with Crippen molar-refractivity contribution in [3.8, 4) is 0 Å².